The summed E-state index contributed by atoms with van der Waals surface area (Å²) in [5.74, 6) is 1.77. The quantitative estimate of drug-likeness (QED) is 0.920. The van der Waals surface area contributed by atoms with Crippen molar-refractivity contribution < 1.29 is 14.3 Å². The van der Waals surface area contributed by atoms with Crippen LogP contribution < -0.4 is 14.8 Å². The van der Waals surface area contributed by atoms with Gasteiger partial charge >= 0.3 is 0 Å². The lowest BCUT2D eigenvalue weighted by molar-refractivity contribution is -0.133. The third-order valence-corrected chi connectivity index (χ3v) is 4.09. The average molecular weight is 290 g/mol. The molecule has 0 saturated carbocycles. The summed E-state index contributed by atoms with van der Waals surface area (Å²) in [4.78, 5) is 14.3. The first kappa shape index (κ1) is 14.2. The molecule has 1 atom stereocenters. The van der Waals surface area contributed by atoms with Crippen molar-refractivity contribution in [3.63, 3.8) is 0 Å². The average Bonchev–Trinajstić information content (AvgIpc) is 3.00. The monoisotopic (exact) mass is 290 g/mol. The number of piperidine rings is 1. The molecule has 5 nitrogen and oxygen atoms in total. The molecule has 21 heavy (non-hydrogen) atoms. The van der Waals surface area contributed by atoms with E-state index in [-0.39, 0.29) is 18.7 Å². The highest BCUT2D eigenvalue weighted by Crippen LogP contribution is 2.32. The Morgan fingerprint density at radius 2 is 2.00 bits per heavy atom. The minimum Gasteiger partial charge on any atom is -0.454 e. The summed E-state index contributed by atoms with van der Waals surface area (Å²) in [5, 5.41) is 3.30. The number of hydrogen-bond donors (Lipinski definition) is 1. The van der Waals surface area contributed by atoms with E-state index in [4.69, 9.17) is 9.47 Å². The maximum absolute atomic E-state index is 12.3. The van der Waals surface area contributed by atoms with Crippen LogP contribution in [0.15, 0.2) is 18.2 Å². The Bertz CT molecular complexity index is 512. The largest absolute Gasteiger partial charge is 0.454 e. The predicted octanol–water partition coefficient (Wildman–Crippen LogP) is 1.91. The molecule has 1 unspecified atom stereocenters. The third kappa shape index (κ3) is 3.29. The Hall–Kier alpha value is -1.75. The summed E-state index contributed by atoms with van der Waals surface area (Å²) in [5.41, 5.74) is 1.09. The van der Waals surface area contributed by atoms with Gasteiger partial charge in [-0.25, -0.2) is 0 Å². The fourth-order valence-electron chi connectivity index (χ4n) is 2.80. The molecule has 1 saturated heterocycles. The van der Waals surface area contributed by atoms with Gasteiger partial charge in [0.15, 0.2) is 11.5 Å². The summed E-state index contributed by atoms with van der Waals surface area (Å²) in [7, 11) is 0. The molecule has 1 N–H and O–H groups in total. The van der Waals surface area contributed by atoms with Crippen molar-refractivity contribution in [2.45, 2.75) is 38.8 Å². The van der Waals surface area contributed by atoms with E-state index >= 15 is 0 Å². The van der Waals surface area contributed by atoms with E-state index in [1.54, 1.807) is 0 Å². The normalized spacial score (nSPS) is 18.6. The van der Waals surface area contributed by atoms with Gasteiger partial charge in [-0.05, 0) is 43.9 Å². The molecule has 1 fully saturated rings. The van der Waals surface area contributed by atoms with Crippen molar-refractivity contribution in [1.82, 2.24) is 10.2 Å². The lowest BCUT2D eigenvalue weighted by Gasteiger charge is -2.29. The molecule has 1 amide bonds. The summed E-state index contributed by atoms with van der Waals surface area (Å²) in [6.45, 7) is 4.67. The molecule has 1 aromatic carbocycles. The van der Waals surface area contributed by atoms with Crippen LogP contribution in [-0.4, -0.2) is 36.7 Å². The number of likely N-dealkylation sites (tertiary alicyclic amines) is 1. The van der Waals surface area contributed by atoms with Gasteiger partial charge in [0.2, 0.25) is 12.7 Å². The van der Waals surface area contributed by atoms with E-state index in [1.807, 2.05) is 30.0 Å². The van der Waals surface area contributed by atoms with E-state index in [0.29, 0.717) is 6.54 Å². The molecule has 2 aliphatic rings. The van der Waals surface area contributed by atoms with Crippen LogP contribution in [0.2, 0.25) is 0 Å². The van der Waals surface area contributed by atoms with E-state index < -0.39 is 0 Å². The van der Waals surface area contributed by atoms with E-state index in [0.717, 1.165) is 43.0 Å². The first-order chi connectivity index (χ1) is 10.2. The Morgan fingerprint density at radius 1 is 1.24 bits per heavy atom. The topological polar surface area (TPSA) is 50.8 Å². The van der Waals surface area contributed by atoms with Gasteiger partial charge in [-0.2, -0.15) is 0 Å². The van der Waals surface area contributed by atoms with Gasteiger partial charge in [-0.1, -0.05) is 6.07 Å². The Balaban J connectivity index is 1.53. The minimum atomic E-state index is -0.159. The zero-order valence-corrected chi connectivity index (χ0v) is 12.4. The molecule has 1 aromatic rings. The number of ether oxygens (including phenoxy) is 2. The number of nitrogens with one attached hydrogen (secondary N) is 1. The lowest BCUT2D eigenvalue weighted by Crippen LogP contribution is -2.46. The second-order valence-electron chi connectivity index (χ2n) is 5.68. The SMILES string of the molecule is CC(NCc1ccc2c(c1)OCO2)C(=O)N1CCCCC1. The fourth-order valence-corrected chi connectivity index (χ4v) is 2.80. The Kier molecular flexibility index (Phi) is 4.29. The molecular weight excluding hydrogens is 268 g/mol. The molecule has 2 aliphatic heterocycles. The van der Waals surface area contributed by atoms with Crippen LogP contribution in [0.5, 0.6) is 11.5 Å². The lowest BCUT2D eigenvalue weighted by atomic mass is 10.1. The Morgan fingerprint density at radius 3 is 2.81 bits per heavy atom. The van der Waals surface area contributed by atoms with Gasteiger partial charge in [0.1, 0.15) is 0 Å². The summed E-state index contributed by atoms with van der Waals surface area (Å²) in [6, 6.07) is 5.72. The standard InChI is InChI=1S/C16H22N2O3/c1-12(16(19)18-7-3-2-4-8-18)17-10-13-5-6-14-15(9-13)21-11-20-14/h5-6,9,12,17H,2-4,7-8,10-11H2,1H3. The van der Waals surface area contributed by atoms with E-state index in [1.165, 1.54) is 6.42 Å². The van der Waals surface area contributed by atoms with Crippen molar-refractivity contribution in [3.05, 3.63) is 23.8 Å². The second kappa shape index (κ2) is 6.35. The number of fused-ring (bicyclic) bond motifs is 1. The second-order valence-corrected chi connectivity index (χ2v) is 5.68. The first-order valence-corrected chi connectivity index (χ1v) is 7.65. The van der Waals surface area contributed by atoms with Crippen molar-refractivity contribution in [3.8, 4) is 11.5 Å². The molecule has 114 valence electrons. The van der Waals surface area contributed by atoms with Crippen molar-refractivity contribution >= 4 is 5.91 Å². The number of rotatable bonds is 4. The van der Waals surface area contributed by atoms with Crippen molar-refractivity contribution in [2.75, 3.05) is 19.9 Å². The van der Waals surface area contributed by atoms with E-state index in [2.05, 4.69) is 5.32 Å². The molecule has 5 heteroatoms. The van der Waals surface area contributed by atoms with Gasteiger partial charge < -0.3 is 19.7 Å². The smallest absolute Gasteiger partial charge is 0.239 e. The predicted molar refractivity (Wildman–Crippen MR) is 79.3 cm³/mol. The molecule has 2 heterocycles. The molecule has 3 rings (SSSR count). The fraction of sp³-hybridized carbons (Fsp3) is 0.562. The van der Waals surface area contributed by atoms with Gasteiger partial charge in [-0.3, -0.25) is 4.79 Å². The van der Waals surface area contributed by atoms with Crippen LogP contribution in [0.4, 0.5) is 0 Å². The molecule has 0 bridgehead atoms. The van der Waals surface area contributed by atoms with Crippen LogP contribution in [0.1, 0.15) is 31.7 Å². The van der Waals surface area contributed by atoms with Gasteiger partial charge in [0.25, 0.3) is 0 Å². The summed E-state index contributed by atoms with van der Waals surface area (Å²) < 4.78 is 10.7. The maximum atomic E-state index is 12.3. The highest BCUT2D eigenvalue weighted by molar-refractivity contribution is 5.81. The number of nitrogens with zero attached hydrogens (tertiary/aromatic N) is 1. The number of carbonyl (C=O) groups excluding carboxylic acids is 1. The van der Waals surface area contributed by atoms with Crippen LogP contribution in [0.3, 0.4) is 0 Å². The first-order valence-electron chi connectivity index (χ1n) is 7.65. The summed E-state index contributed by atoms with van der Waals surface area (Å²) >= 11 is 0. The molecular formula is C16H22N2O3. The molecule has 0 aromatic heterocycles. The number of benzene rings is 1. The highest BCUT2D eigenvalue weighted by Gasteiger charge is 2.21. The van der Waals surface area contributed by atoms with Crippen molar-refractivity contribution in [2.24, 2.45) is 0 Å². The van der Waals surface area contributed by atoms with Crippen LogP contribution in [-0.2, 0) is 11.3 Å². The third-order valence-electron chi connectivity index (χ3n) is 4.09. The van der Waals surface area contributed by atoms with Crippen LogP contribution in [0, 0.1) is 0 Å². The zero-order valence-electron chi connectivity index (χ0n) is 12.4. The Labute approximate surface area is 125 Å². The molecule has 0 aliphatic carbocycles. The van der Waals surface area contributed by atoms with Crippen LogP contribution in [0.25, 0.3) is 0 Å². The highest BCUT2D eigenvalue weighted by atomic mass is 16.7. The number of amides is 1. The van der Waals surface area contributed by atoms with Gasteiger partial charge in [0.05, 0.1) is 6.04 Å². The number of hydrogen-bond acceptors (Lipinski definition) is 4. The summed E-state index contributed by atoms with van der Waals surface area (Å²) in [6.07, 6.45) is 3.49. The maximum Gasteiger partial charge on any atom is 0.239 e. The molecule has 0 radical (unpaired) electrons. The van der Waals surface area contributed by atoms with Crippen LogP contribution >= 0.6 is 0 Å². The van der Waals surface area contributed by atoms with Crippen molar-refractivity contribution in [1.29, 1.82) is 0 Å². The zero-order chi connectivity index (χ0) is 14.7. The minimum absolute atomic E-state index is 0.159. The van der Waals surface area contributed by atoms with Gasteiger partial charge in [0, 0.05) is 19.6 Å². The van der Waals surface area contributed by atoms with E-state index in [9.17, 15) is 4.79 Å². The van der Waals surface area contributed by atoms with Gasteiger partial charge in [-0.15, -0.1) is 0 Å². The number of carbonyl (C=O) groups is 1. The molecule has 0 spiro atoms.